The van der Waals surface area contributed by atoms with E-state index in [4.69, 9.17) is 5.10 Å². The van der Waals surface area contributed by atoms with Crippen molar-refractivity contribution in [1.29, 1.82) is 0 Å². The van der Waals surface area contributed by atoms with E-state index in [0.29, 0.717) is 18.0 Å². The van der Waals surface area contributed by atoms with Gasteiger partial charge in [-0.05, 0) is 52.0 Å². The zero-order chi connectivity index (χ0) is 15.3. The number of fused-ring (bicyclic) bond motifs is 1. The van der Waals surface area contributed by atoms with Crippen LogP contribution in [-0.2, 0) is 4.79 Å². The van der Waals surface area contributed by atoms with Gasteiger partial charge in [0.2, 0.25) is 5.91 Å². The number of carbonyl (C=O) groups excluding carboxylic acids is 1. The third-order valence-electron chi connectivity index (χ3n) is 5.03. The Balaban J connectivity index is 1.55. The van der Waals surface area contributed by atoms with Crippen LogP contribution in [0, 0.1) is 19.8 Å². The summed E-state index contributed by atoms with van der Waals surface area (Å²) in [5.41, 5.74) is 3.26. The van der Waals surface area contributed by atoms with Gasteiger partial charge in [0.05, 0.1) is 17.3 Å². The molecular formula is C17H22N4O. The van der Waals surface area contributed by atoms with Crippen molar-refractivity contribution in [1.82, 2.24) is 20.1 Å². The Labute approximate surface area is 130 Å². The largest absolute Gasteiger partial charge is 0.353 e. The third kappa shape index (κ3) is 2.28. The fraction of sp³-hybridized carbons (Fsp3) is 0.588. The summed E-state index contributed by atoms with van der Waals surface area (Å²) in [6.45, 7) is 4.09. The van der Waals surface area contributed by atoms with E-state index in [1.54, 1.807) is 0 Å². The minimum Gasteiger partial charge on any atom is -0.353 e. The maximum atomic E-state index is 11.9. The molecule has 2 aliphatic rings. The van der Waals surface area contributed by atoms with E-state index in [-0.39, 0.29) is 5.91 Å². The van der Waals surface area contributed by atoms with E-state index in [1.165, 1.54) is 10.9 Å². The van der Waals surface area contributed by atoms with Gasteiger partial charge in [0.25, 0.3) is 0 Å². The molecule has 2 saturated carbocycles. The van der Waals surface area contributed by atoms with Crippen molar-refractivity contribution in [3.05, 3.63) is 23.7 Å². The van der Waals surface area contributed by atoms with E-state index in [0.717, 1.165) is 43.5 Å². The smallest absolute Gasteiger partial charge is 0.223 e. The predicted octanol–water partition coefficient (Wildman–Crippen LogP) is 2.67. The molecule has 1 N–H and O–H groups in total. The number of aromatic nitrogens is 3. The maximum absolute atomic E-state index is 11.9. The van der Waals surface area contributed by atoms with Gasteiger partial charge in [-0.1, -0.05) is 0 Å². The molecule has 5 heteroatoms. The molecule has 0 spiro atoms. The van der Waals surface area contributed by atoms with Crippen molar-refractivity contribution in [3.63, 3.8) is 0 Å². The van der Waals surface area contributed by atoms with Crippen molar-refractivity contribution in [2.24, 2.45) is 5.92 Å². The monoisotopic (exact) mass is 298 g/mol. The number of aryl methyl sites for hydroxylation is 2. The summed E-state index contributed by atoms with van der Waals surface area (Å²) in [5.74, 6) is 0.549. The van der Waals surface area contributed by atoms with E-state index >= 15 is 0 Å². The second-order valence-electron chi connectivity index (χ2n) is 6.77. The number of amides is 1. The summed E-state index contributed by atoms with van der Waals surface area (Å²) in [6.07, 6.45) is 7.10. The van der Waals surface area contributed by atoms with Crippen molar-refractivity contribution < 1.29 is 4.79 Å². The van der Waals surface area contributed by atoms with Crippen molar-refractivity contribution in [3.8, 4) is 0 Å². The molecule has 116 valence electrons. The topological polar surface area (TPSA) is 59.8 Å². The molecule has 0 aliphatic heterocycles. The zero-order valence-corrected chi connectivity index (χ0v) is 13.2. The molecule has 4 rings (SSSR count). The molecule has 0 unspecified atom stereocenters. The molecule has 0 saturated heterocycles. The lowest BCUT2D eigenvalue weighted by Gasteiger charge is -2.14. The Kier molecular flexibility index (Phi) is 3.17. The summed E-state index contributed by atoms with van der Waals surface area (Å²) in [7, 11) is 0. The quantitative estimate of drug-likeness (QED) is 0.947. The maximum Gasteiger partial charge on any atom is 0.223 e. The number of rotatable bonds is 3. The first-order chi connectivity index (χ1) is 10.6. The molecule has 0 bridgehead atoms. The van der Waals surface area contributed by atoms with Gasteiger partial charge in [0.15, 0.2) is 0 Å². The van der Waals surface area contributed by atoms with Crippen LogP contribution in [0.25, 0.3) is 10.9 Å². The fourth-order valence-corrected chi connectivity index (χ4v) is 3.71. The minimum atomic E-state index is 0.257. The molecule has 1 amide bonds. The number of nitrogens with zero attached hydrogens (tertiary/aromatic N) is 3. The summed E-state index contributed by atoms with van der Waals surface area (Å²) < 4.78 is 2.16. The molecular weight excluding hydrogens is 276 g/mol. The summed E-state index contributed by atoms with van der Waals surface area (Å²) >= 11 is 0. The van der Waals surface area contributed by atoms with Crippen molar-refractivity contribution >= 4 is 16.8 Å². The molecule has 0 radical (unpaired) electrons. The third-order valence-corrected chi connectivity index (χ3v) is 5.03. The Morgan fingerprint density at radius 3 is 2.82 bits per heavy atom. The highest BCUT2D eigenvalue weighted by molar-refractivity contribution is 5.84. The van der Waals surface area contributed by atoms with E-state index < -0.39 is 0 Å². The van der Waals surface area contributed by atoms with Gasteiger partial charge in [-0.3, -0.25) is 14.5 Å². The van der Waals surface area contributed by atoms with Crippen LogP contribution in [0.5, 0.6) is 0 Å². The first-order valence-corrected chi connectivity index (χ1v) is 8.24. The molecule has 2 aromatic heterocycles. The van der Waals surface area contributed by atoms with Crippen molar-refractivity contribution in [2.45, 2.75) is 58.0 Å². The molecule has 2 fully saturated rings. The zero-order valence-electron chi connectivity index (χ0n) is 13.2. The van der Waals surface area contributed by atoms with Gasteiger partial charge in [-0.2, -0.15) is 5.10 Å². The fourth-order valence-electron chi connectivity index (χ4n) is 3.71. The highest BCUT2D eigenvalue weighted by Crippen LogP contribution is 2.35. The van der Waals surface area contributed by atoms with Gasteiger partial charge in [0.1, 0.15) is 0 Å². The predicted molar refractivity (Wildman–Crippen MR) is 84.5 cm³/mol. The van der Waals surface area contributed by atoms with E-state index in [1.807, 2.05) is 13.1 Å². The first-order valence-electron chi connectivity index (χ1n) is 8.24. The number of hydrogen-bond donors (Lipinski definition) is 1. The standard InChI is InChI=1S/C17H22N4O/c1-10-16-11(2)20-21(15(16)7-8-18-10)14-6-5-13(9-14)19-17(22)12-3-4-12/h7-8,12-14H,3-6,9H2,1-2H3,(H,19,22)/t13-,14-/m0/s1. The molecule has 2 aromatic rings. The molecule has 5 nitrogen and oxygen atoms in total. The van der Waals surface area contributed by atoms with Gasteiger partial charge in [-0.25, -0.2) is 0 Å². The van der Waals surface area contributed by atoms with Crippen LogP contribution >= 0.6 is 0 Å². The van der Waals surface area contributed by atoms with Gasteiger partial charge < -0.3 is 5.32 Å². The highest BCUT2D eigenvalue weighted by Gasteiger charge is 2.34. The van der Waals surface area contributed by atoms with Crippen LogP contribution in [0.15, 0.2) is 12.3 Å². The van der Waals surface area contributed by atoms with Crippen LogP contribution in [0.2, 0.25) is 0 Å². The summed E-state index contributed by atoms with van der Waals surface area (Å²) in [5, 5.41) is 9.15. The van der Waals surface area contributed by atoms with E-state index in [2.05, 4.69) is 28.0 Å². The van der Waals surface area contributed by atoms with Gasteiger partial charge >= 0.3 is 0 Å². The lowest BCUT2D eigenvalue weighted by atomic mass is 10.2. The van der Waals surface area contributed by atoms with Crippen LogP contribution in [0.1, 0.15) is 49.5 Å². The van der Waals surface area contributed by atoms with Gasteiger partial charge in [0, 0.05) is 29.2 Å². The lowest BCUT2D eigenvalue weighted by Crippen LogP contribution is -2.34. The normalized spacial score (nSPS) is 24.8. The first kappa shape index (κ1) is 13.7. The molecule has 2 aliphatic carbocycles. The van der Waals surface area contributed by atoms with Gasteiger partial charge in [-0.15, -0.1) is 0 Å². The van der Waals surface area contributed by atoms with Crippen molar-refractivity contribution in [2.75, 3.05) is 0 Å². The number of nitrogens with one attached hydrogen (secondary N) is 1. The van der Waals surface area contributed by atoms with Crippen LogP contribution in [-0.4, -0.2) is 26.7 Å². The summed E-state index contributed by atoms with van der Waals surface area (Å²) in [6, 6.07) is 2.74. The van der Waals surface area contributed by atoms with Crippen LogP contribution in [0.3, 0.4) is 0 Å². The average Bonchev–Trinajstić information content (AvgIpc) is 3.16. The minimum absolute atomic E-state index is 0.257. The highest BCUT2D eigenvalue weighted by atomic mass is 16.2. The van der Waals surface area contributed by atoms with E-state index in [9.17, 15) is 4.79 Å². The Morgan fingerprint density at radius 2 is 2.05 bits per heavy atom. The molecule has 2 heterocycles. The average molecular weight is 298 g/mol. The molecule has 22 heavy (non-hydrogen) atoms. The number of carbonyl (C=O) groups is 1. The molecule has 2 atom stereocenters. The lowest BCUT2D eigenvalue weighted by molar-refractivity contribution is -0.122. The van der Waals surface area contributed by atoms with Crippen LogP contribution < -0.4 is 5.32 Å². The SMILES string of the molecule is Cc1nccc2c1c(C)nn2[C@H]1CC[C@H](NC(=O)C2CC2)C1. The number of pyridine rings is 1. The Morgan fingerprint density at radius 1 is 1.23 bits per heavy atom. The van der Waals surface area contributed by atoms with Crippen LogP contribution in [0.4, 0.5) is 0 Å². The second kappa shape index (κ2) is 5.07. The second-order valence-corrected chi connectivity index (χ2v) is 6.77. The Bertz CT molecular complexity index is 732. The number of hydrogen-bond acceptors (Lipinski definition) is 3. The summed E-state index contributed by atoms with van der Waals surface area (Å²) in [4.78, 5) is 16.3. The Hall–Kier alpha value is -1.91. The molecule has 0 aromatic carbocycles.